The summed E-state index contributed by atoms with van der Waals surface area (Å²) in [4.78, 5) is 19.1. The number of rotatable bonds is 18. The number of nitrogens with zero attached hydrogens (tertiary/aromatic N) is 2. The van der Waals surface area contributed by atoms with E-state index in [1.54, 1.807) is 0 Å². The Morgan fingerprint density at radius 1 is 0.500 bits per heavy atom. The van der Waals surface area contributed by atoms with E-state index in [-0.39, 0.29) is 0 Å². The number of carboxylic acid groups (broad SMARTS) is 2. The monoisotopic (exact) mass is 492 g/mol. The van der Waals surface area contributed by atoms with Crippen molar-refractivity contribution < 1.29 is 39.0 Å². The summed E-state index contributed by atoms with van der Waals surface area (Å²) in [5, 5.41) is 33.8. The van der Waals surface area contributed by atoms with Crippen LogP contribution in [0.4, 0.5) is 0 Å². The number of aliphatic hydroxyl groups excluding tert-OH is 2. The molecule has 0 fully saturated rings. The molecule has 0 spiro atoms. The molecule has 0 aromatic rings. The predicted molar refractivity (Wildman–Crippen MR) is 140 cm³/mol. The van der Waals surface area contributed by atoms with E-state index in [2.05, 4.69) is 41.5 Å². The van der Waals surface area contributed by atoms with Crippen LogP contribution in [0.15, 0.2) is 12.2 Å². The van der Waals surface area contributed by atoms with Gasteiger partial charge in [-0.05, 0) is 38.5 Å². The van der Waals surface area contributed by atoms with Crippen molar-refractivity contribution in [3.63, 3.8) is 0 Å². The highest BCUT2D eigenvalue weighted by Crippen LogP contribution is 2.11. The lowest BCUT2D eigenvalue weighted by molar-refractivity contribution is -0.928. The molecule has 0 radical (unpaired) electrons. The van der Waals surface area contributed by atoms with Crippen LogP contribution in [0.5, 0.6) is 0 Å². The van der Waals surface area contributed by atoms with Crippen molar-refractivity contribution in [2.24, 2.45) is 0 Å². The van der Waals surface area contributed by atoms with E-state index in [1.807, 2.05) is 0 Å². The smallest absolute Gasteiger partial charge is 0.328 e. The quantitative estimate of drug-likeness (QED) is 0.171. The molecule has 34 heavy (non-hydrogen) atoms. The van der Waals surface area contributed by atoms with Crippen molar-refractivity contribution in [1.29, 1.82) is 0 Å². The number of hydrogen-bond donors (Lipinski definition) is 4. The van der Waals surface area contributed by atoms with Crippen molar-refractivity contribution >= 4 is 11.9 Å². The van der Waals surface area contributed by atoms with Crippen molar-refractivity contribution in [2.45, 2.75) is 80.1 Å². The zero-order valence-electron chi connectivity index (χ0n) is 23.0. The zero-order valence-corrected chi connectivity index (χ0v) is 23.0. The van der Waals surface area contributed by atoms with Gasteiger partial charge in [-0.2, -0.15) is 0 Å². The number of carbonyl (C=O) groups is 2. The summed E-state index contributed by atoms with van der Waals surface area (Å²) >= 11 is 0. The highest BCUT2D eigenvalue weighted by molar-refractivity contribution is 5.89. The van der Waals surface area contributed by atoms with Crippen LogP contribution in [-0.4, -0.2) is 107 Å². The first-order valence-electron chi connectivity index (χ1n) is 13.2. The second-order valence-electron chi connectivity index (χ2n) is 8.93. The Bertz CT molecular complexity index is 408. The highest BCUT2D eigenvalue weighted by atomic mass is 16.4. The van der Waals surface area contributed by atoms with Gasteiger partial charge in [-0.1, -0.05) is 41.5 Å². The van der Waals surface area contributed by atoms with Crippen molar-refractivity contribution in [3.05, 3.63) is 12.2 Å². The van der Waals surface area contributed by atoms with Crippen LogP contribution < -0.4 is 0 Å². The molecule has 0 saturated carbocycles. The van der Waals surface area contributed by atoms with E-state index in [1.165, 1.54) is 77.8 Å². The van der Waals surface area contributed by atoms with Crippen LogP contribution in [0.3, 0.4) is 0 Å². The van der Waals surface area contributed by atoms with E-state index in [4.69, 9.17) is 20.4 Å². The van der Waals surface area contributed by atoms with Gasteiger partial charge in [0, 0.05) is 12.2 Å². The second kappa shape index (κ2) is 24.6. The van der Waals surface area contributed by atoms with Gasteiger partial charge >= 0.3 is 11.9 Å². The zero-order chi connectivity index (χ0) is 26.9. The Balaban J connectivity index is -0.000000438. The summed E-state index contributed by atoms with van der Waals surface area (Å²) in [5.41, 5.74) is 0. The van der Waals surface area contributed by atoms with Crippen molar-refractivity contribution in [2.75, 3.05) is 65.6 Å². The maximum absolute atomic E-state index is 9.55. The van der Waals surface area contributed by atoms with Gasteiger partial charge in [0.2, 0.25) is 0 Å². The Hall–Kier alpha value is -1.48. The lowest BCUT2D eigenvalue weighted by atomic mass is 10.2. The molecule has 204 valence electrons. The standard InChI is InChI=1S/2C11H26NO.C4H4O4/c2*1-4-7-12(8-5-2,9-6-3)10-11-13;5-3(6)1-2-4(7)8/h2*13H,4-11H2,1-3H3;1-2H,(H,5,6)(H,7,8)/q2*+1;/b;;2-1+. The third kappa shape index (κ3) is 21.1. The maximum atomic E-state index is 9.55. The summed E-state index contributed by atoms with van der Waals surface area (Å²) in [7, 11) is 0. The van der Waals surface area contributed by atoms with Crippen LogP contribution in [0.2, 0.25) is 0 Å². The first-order chi connectivity index (χ1) is 16.1. The largest absolute Gasteiger partial charge is 0.478 e. The van der Waals surface area contributed by atoms with Crippen LogP contribution in [0.1, 0.15) is 80.1 Å². The first-order valence-corrected chi connectivity index (χ1v) is 13.2. The van der Waals surface area contributed by atoms with Gasteiger partial charge in [-0.25, -0.2) is 9.59 Å². The lowest BCUT2D eigenvalue weighted by Crippen LogP contribution is -2.51. The Morgan fingerprint density at radius 3 is 0.824 bits per heavy atom. The Kier molecular flexibility index (Phi) is 26.9. The molecule has 8 nitrogen and oxygen atoms in total. The average molecular weight is 493 g/mol. The van der Waals surface area contributed by atoms with E-state index in [9.17, 15) is 9.59 Å². The fraction of sp³-hybridized carbons (Fsp3) is 0.846. The van der Waals surface area contributed by atoms with Gasteiger partial charge in [0.15, 0.2) is 0 Å². The van der Waals surface area contributed by atoms with Crippen LogP contribution in [-0.2, 0) is 9.59 Å². The van der Waals surface area contributed by atoms with Gasteiger partial charge in [0.1, 0.15) is 13.1 Å². The molecule has 0 amide bonds. The van der Waals surface area contributed by atoms with E-state index in [0.717, 1.165) is 22.1 Å². The topological polar surface area (TPSA) is 115 Å². The number of aliphatic carboxylic acids is 2. The summed E-state index contributed by atoms with van der Waals surface area (Å²) in [6.45, 7) is 23.3. The minimum Gasteiger partial charge on any atom is -0.478 e. The summed E-state index contributed by atoms with van der Waals surface area (Å²) in [6.07, 6.45) is 8.45. The summed E-state index contributed by atoms with van der Waals surface area (Å²) < 4.78 is 2.25. The Labute approximate surface area is 209 Å². The maximum Gasteiger partial charge on any atom is 0.328 e. The molecule has 0 saturated heterocycles. The fourth-order valence-corrected chi connectivity index (χ4v) is 4.75. The first kappa shape index (κ1) is 37.1. The van der Waals surface area contributed by atoms with Gasteiger partial charge in [0.25, 0.3) is 0 Å². The number of carboxylic acids is 2. The van der Waals surface area contributed by atoms with Gasteiger partial charge in [-0.3, -0.25) is 0 Å². The normalized spacial score (nSPS) is 11.4. The molecule has 0 heterocycles. The number of aliphatic hydroxyl groups is 2. The van der Waals surface area contributed by atoms with E-state index >= 15 is 0 Å². The number of quaternary nitrogens is 2. The molecule has 0 aromatic carbocycles. The summed E-state index contributed by atoms with van der Waals surface area (Å²) in [6, 6.07) is 0. The van der Waals surface area contributed by atoms with Crippen LogP contribution in [0.25, 0.3) is 0 Å². The molecule has 4 N–H and O–H groups in total. The van der Waals surface area contributed by atoms with Crippen molar-refractivity contribution in [1.82, 2.24) is 0 Å². The average Bonchev–Trinajstić information content (AvgIpc) is 2.75. The molecule has 0 aliphatic carbocycles. The molecule has 0 aliphatic heterocycles. The lowest BCUT2D eigenvalue weighted by Gasteiger charge is -2.38. The highest BCUT2D eigenvalue weighted by Gasteiger charge is 2.24. The predicted octanol–water partition coefficient (Wildman–Crippen LogP) is 3.76. The molecular weight excluding hydrogens is 436 g/mol. The van der Waals surface area contributed by atoms with Crippen molar-refractivity contribution in [3.8, 4) is 0 Å². The molecule has 0 atom stereocenters. The van der Waals surface area contributed by atoms with Crippen LogP contribution in [0, 0.1) is 0 Å². The van der Waals surface area contributed by atoms with E-state index < -0.39 is 11.9 Å². The SMILES string of the molecule is CCC[N+](CCC)(CCC)CCO.CCC[N+](CCC)(CCC)CCO.O=C(O)/C=C/C(=O)O. The van der Waals surface area contributed by atoms with E-state index in [0.29, 0.717) is 25.4 Å². The van der Waals surface area contributed by atoms with Crippen LogP contribution >= 0.6 is 0 Å². The molecule has 0 aliphatic rings. The molecular formula is C26H56N2O6+2. The van der Waals surface area contributed by atoms with Gasteiger partial charge in [-0.15, -0.1) is 0 Å². The van der Waals surface area contributed by atoms with Gasteiger partial charge in [0.05, 0.1) is 52.5 Å². The summed E-state index contributed by atoms with van der Waals surface area (Å²) in [5.74, 6) is -2.51. The second-order valence-corrected chi connectivity index (χ2v) is 8.93. The third-order valence-corrected chi connectivity index (χ3v) is 5.70. The Morgan fingerprint density at radius 2 is 0.706 bits per heavy atom. The fourth-order valence-electron chi connectivity index (χ4n) is 4.75. The molecule has 8 heteroatoms. The molecule has 0 rings (SSSR count). The van der Waals surface area contributed by atoms with Gasteiger partial charge < -0.3 is 29.4 Å². The molecule has 0 aromatic heterocycles. The minimum atomic E-state index is -1.26. The minimum absolute atomic E-state index is 0.333. The molecule has 0 bridgehead atoms. The third-order valence-electron chi connectivity index (χ3n) is 5.70. The number of hydrogen-bond acceptors (Lipinski definition) is 4. The molecule has 0 unspecified atom stereocenters.